The number of rotatable bonds is 3. The quantitative estimate of drug-likeness (QED) is 0.850. The second-order valence-electron chi connectivity index (χ2n) is 4.89. The minimum absolute atomic E-state index is 0.0162. The number of hydrogen-bond acceptors (Lipinski definition) is 2. The number of thiocarbonyl (C=S) groups is 1. The van der Waals surface area contributed by atoms with Gasteiger partial charge in [0.1, 0.15) is 0 Å². The van der Waals surface area contributed by atoms with Gasteiger partial charge in [0.15, 0.2) is 0 Å². The summed E-state index contributed by atoms with van der Waals surface area (Å²) in [5.41, 5.74) is 7.22. The second kappa shape index (κ2) is 4.69. The Bertz CT molecular complexity index is 500. The van der Waals surface area contributed by atoms with E-state index < -0.39 is 5.41 Å². The highest BCUT2D eigenvalue weighted by Gasteiger charge is 2.40. The van der Waals surface area contributed by atoms with Crippen LogP contribution in [0.1, 0.15) is 25.8 Å². The largest absolute Gasteiger partial charge is 0.392 e. The van der Waals surface area contributed by atoms with Gasteiger partial charge in [0.2, 0.25) is 5.91 Å². The summed E-state index contributed by atoms with van der Waals surface area (Å²) in [4.78, 5) is 14.8. The average molecular weight is 262 g/mol. The van der Waals surface area contributed by atoms with Gasteiger partial charge in [-0.2, -0.15) is 0 Å². The first-order chi connectivity index (χ1) is 8.50. The first kappa shape index (κ1) is 13.0. The number of anilines is 1. The Hall–Kier alpha value is -1.42. The van der Waals surface area contributed by atoms with E-state index in [9.17, 15) is 4.79 Å². The van der Waals surface area contributed by atoms with Crippen molar-refractivity contribution in [2.75, 3.05) is 11.4 Å². The van der Waals surface area contributed by atoms with Crippen LogP contribution in [0, 0.1) is 5.41 Å². The molecule has 1 aromatic carbocycles. The van der Waals surface area contributed by atoms with Crippen LogP contribution < -0.4 is 10.6 Å². The summed E-state index contributed by atoms with van der Waals surface area (Å²) in [5, 5.41) is 0. The van der Waals surface area contributed by atoms with Crippen LogP contribution in [0.2, 0.25) is 0 Å². The molecule has 0 saturated heterocycles. The number of amides is 1. The molecule has 0 saturated carbocycles. The average Bonchev–Trinajstić information content (AvgIpc) is 2.80. The lowest BCUT2D eigenvalue weighted by Crippen LogP contribution is -2.48. The molecule has 0 bridgehead atoms. The Kier molecular flexibility index (Phi) is 3.39. The summed E-state index contributed by atoms with van der Waals surface area (Å²) in [6, 6.07) is 8.00. The van der Waals surface area contributed by atoms with Crippen LogP contribution in [-0.2, 0) is 11.2 Å². The molecule has 0 aromatic heterocycles. The van der Waals surface area contributed by atoms with Crippen molar-refractivity contribution >= 4 is 28.8 Å². The Labute approximate surface area is 113 Å². The van der Waals surface area contributed by atoms with Crippen LogP contribution in [0.3, 0.4) is 0 Å². The van der Waals surface area contributed by atoms with E-state index >= 15 is 0 Å². The van der Waals surface area contributed by atoms with Gasteiger partial charge in [-0.1, -0.05) is 37.3 Å². The zero-order chi connectivity index (χ0) is 13.3. The van der Waals surface area contributed by atoms with E-state index in [1.165, 1.54) is 5.56 Å². The molecule has 1 atom stereocenters. The van der Waals surface area contributed by atoms with Crippen molar-refractivity contribution in [2.45, 2.75) is 26.7 Å². The normalized spacial score (nSPS) is 17.1. The van der Waals surface area contributed by atoms with E-state index in [0.29, 0.717) is 6.42 Å². The van der Waals surface area contributed by atoms with Crippen molar-refractivity contribution in [3.05, 3.63) is 29.8 Å². The molecule has 1 aromatic rings. The van der Waals surface area contributed by atoms with Crippen molar-refractivity contribution in [2.24, 2.45) is 11.1 Å². The molecular weight excluding hydrogens is 244 g/mol. The van der Waals surface area contributed by atoms with Crippen molar-refractivity contribution in [3.8, 4) is 0 Å². The third-order valence-electron chi connectivity index (χ3n) is 3.86. The second-order valence-corrected chi connectivity index (χ2v) is 5.33. The van der Waals surface area contributed by atoms with Gasteiger partial charge in [0.25, 0.3) is 0 Å². The fourth-order valence-electron chi connectivity index (χ4n) is 2.28. The summed E-state index contributed by atoms with van der Waals surface area (Å²) >= 11 is 5.07. The minimum Gasteiger partial charge on any atom is -0.392 e. The van der Waals surface area contributed by atoms with Crippen molar-refractivity contribution in [1.29, 1.82) is 0 Å². The lowest BCUT2D eigenvalue weighted by Gasteiger charge is -2.31. The maximum Gasteiger partial charge on any atom is 0.239 e. The van der Waals surface area contributed by atoms with Gasteiger partial charge in [0.05, 0.1) is 10.4 Å². The van der Waals surface area contributed by atoms with Crippen LogP contribution >= 0.6 is 12.2 Å². The number of nitrogens with two attached hydrogens (primary N) is 1. The standard InChI is InChI=1S/C14H18N2OS/c1-3-14(2,12(15)18)13(17)16-9-8-10-6-4-5-7-11(10)16/h4-7H,3,8-9H2,1-2H3,(H2,15,18). The topological polar surface area (TPSA) is 46.3 Å². The van der Waals surface area contributed by atoms with Crippen LogP contribution in [0.15, 0.2) is 24.3 Å². The SMILES string of the molecule is CCC(C)(C(=O)N1CCc2ccccc21)C(N)=S. The highest BCUT2D eigenvalue weighted by atomic mass is 32.1. The van der Waals surface area contributed by atoms with Gasteiger partial charge in [-0.25, -0.2) is 0 Å². The number of carbonyl (C=O) groups excluding carboxylic acids is 1. The van der Waals surface area contributed by atoms with E-state index in [4.69, 9.17) is 18.0 Å². The van der Waals surface area contributed by atoms with Crippen molar-refractivity contribution < 1.29 is 4.79 Å². The predicted octanol–water partition coefficient (Wildman–Crippen LogP) is 2.28. The van der Waals surface area contributed by atoms with E-state index in [0.717, 1.165) is 18.7 Å². The highest BCUT2D eigenvalue weighted by Crippen LogP contribution is 2.33. The minimum atomic E-state index is -0.743. The molecule has 1 unspecified atom stereocenters. The fourth-order valence-corrected chi connectivity index (χ4v) is 2.51. The Balaban J connectivity index is 2.35. The summed E-state index contributed by atoms with van der Waals surface area (Å²) in [5.74, 6) is 0.0162. The summed E-state index contributed by atoms with van der Waals surface area (Å²) in [7, 11) is 0. The number of hydrogen-bond donors (Lipinski definition) is 1. The number of carbonyl (C=O) groups is 1. The molecule has 2 N–H and O–H groups in total. The van der Waals surface area contributed by atoms with E-state index in [1.54, 1.807) is 0 Å². The molecule has 96 valence electrons. The Morgan fingerprint density at radius 3 is 2.78 bits per heavy atom. The molecule has 0 fully saturated rings. The van der Waals surface area contributed by atoms with E-state index in [2.05, 4.69) is 6.07 Å². The molecule has 1 heterocycles. The molecule has 0 aliphatic carbocycles. The molecule has 4 heteroatoms. The van der Waals surface area contributed by atoms with Gasteiger partial charge in [-0.3, -0.25) is 4.79 Å². The maximum atomic E-state index is 12.7. The highest BCUT2D eigenvalue weighted by molar-refractivity contribution is 7.80. The molecular formula is C14H18N2OS. The fraction of sp³-hybridized carbons (Fsp3) is 0.429. The van der Waals surface area contributed by atoms with Crippen LogP contribution in [-0.4, -0.2) is 17.4 Å². The van der Waals surface area contributed by atoms with Crippen LogP contribution in [0.4, 0.5) is 5.69 Å². The third kappa shape index (κ3) is 1.90. The number of para-hydroxylation sites is 1. The summed E-state index contributed by atoms with van der Waals surface area (Å²) in [6.07, 6.45) is 1.53. The molecule has 0 radical (unpaired) electrons. The van der Waals surface area contributed by atoms with Gasteiger partial charge in [0, 0.05) is 12.2 Å². The predicted molar refractivity (Wildman–Crippen MR) is 77.7 cm³/mol. The number of benzene rings is 1. The summed E-state index contributed by atoms with van der Waals surface area (Å²) in [6.45, 7) is 4.49. The molecule has 3 nitrogen and oxygen atoms in total. The number of fused-ring (bicyclic) bond motifs is 1. The van der Waals surface area contributed by atoms with Crippen LogP contribution in [0.5, 0.6) is 0 Å². The Morgan fingerprint density at radius 1 is 1.50 bits per heavy atom. The molecule has 1 aliphatic rings. The third-order valence-corrected chi connectivity index (χ3v) is 4.31. The smallest absolute Gasteiger partial charge is 0.239 e. The van der Waals surface area contributed by atoms with Crippen molar-refractivity contribution in [3.63, 3.8) is 0 Å². The van der Waals surface area contributed by atoms with Gasteiger partial charge in [-0.05, 0) is 31.4 Å². The summed E-state index contributed by atoms with van der Waals surface area (Å²) < 4.78 is 0. The Morgan fingerprint density at radius 2 is 2.17 bits per heavy atom. The zero-order valence-electron chi connectivity index (χ0n) is 10.8. The maximum absolute atomic E-state index is 12.7. The monoisotopic (exact) mass is 262 g/mol. The number of nitrogens with zero attached hydrogens (tertiary/aromatic N) is 1. The first-order valence-corrected chi connectivity index (χ1v) is 6.61. The van der Waals surface area contributed by atoms with Gasteiger partial charge in [-0.15, -0.1) is 0 Å². The molecule has 1 aliphatic heterocycles. The molecule has 18 heavy (non-hydrogen) atoms. The van der Waals surface area contributed by atoms with Crippen LogP contribution in [0.25, 0.3) is 0 Å². The zero-order valence-corrected chi connectivity index (χ0v) is 11.6. The van der Waals surface area contributed by atoms with E-state index in [-0.39, 0.29) is 10.9 Å². The molecule has 2 rings (SSSR count). The van der Waals surface area contributed by atoms with Gasteiger partial charge >= 0.3 is 0 Å². The lowest BCUT2D eigenvalue weighted by molar-refractivity contribution is -0.124. The lowest BCUT2D eigenvalue weighted by atomic mass is 9.85. The first-order valence-electron chi connectivity index (χ1n) is 6.20. The van der Waals surface area contributed by atoms with Gasteiger partial charge < -0.3 is 10.6 Å². The van der Waals surface area contributed by atoms with E-state index in [1.807, 2.05) is 36.9 Å². The molecule has 0 spiro atoms. The molecule has 1 amide bonds. The van der Waals surface area contributed by atoms with Crippen molar-refractivity contribution in [1.82, 2.24) is 0 Å².